The fraction of sp³-hybridized carbons (Fsp3) is 0.200. The third-order valence-corrected chi connectivity index (χ3v) is 1.68. The number of hydrogen-bond acceptors (Lipinski definition) is 1. The van der Waals surface area contributed by atoms with E-state index in [0.29, 0.717) is 0 Å². The maximum absolute atomic E-state index is 6.91. The molecular formula is C10H14N3. The van der Waals surface area contributed by atoms with Gasteiger partial charge < -0.3 is 11.1 Å². The minimum Gasteiger partial charge on any atom is -0.370 e. The molecule has 0 aliphatic carbocycles. The first-order valence-electron chi connectivity index (χ1n) is 4.25. The second kappa shape index (κ2) is 5.19. The monoisotopic (exact) mass is 176 g/mol. The smallest absolute Gasteiger partial charge is 0.185 e. The van der Waals surface area contributed by atoms with Crippen LogP contribution in [0.5, 0.6) is 0 Å². The Balaban J connectivity index is 2.17. The van der Waals surface area contributed by atoms with Gasteiger partial charge in [-0.05, 0) is 18.4 Å². The first-order chi connectivity index (χ1) is 6.29. The fourth-order valence-corrected chi connectivity index (χ4v) is 1.07. The zero-order valence-electron chi connectivity index (χ0n) is 7.46. The van der Waals surface area contributed by atoms with Crippen molar-refractivity contribution in [2.75, 3.05) is 0 Å². The van der Waals surface area contributed by atoms with E-state index >= 15 is 0 Å². The van der Waals surface area contributed by atoms with E-state index < -0.39 is 0 Å². The lowest BCUT2D eigenvalue weighted by atomic mass is 10.1. The van der Waals surface area contributed by atoms with Crippen LogP contribution in [0.3, 0.4) is 0 Å². The molecule has 0 spiro atoms. The van der Waals surface area contributed by atoms with Crippen LogP contribution in [-0.2, 0) is 6.42 Å². The van der Waals surface area contributed by atoms with E-state index in [0.717, 1.165) is 12.8 Å². The average Bonchev–Trinajstić information content (AvgIpc) is 2.14. The van der Waals surface area contributed by atoms with Gasteiger partial charge in [-0.2, -0.15) is 0 Å². The molecule has 1 aromatic carbocycles. The second-order valence-corrected chi connectivity index (χ2v) is 2.79. The molecular weight excluding hydrogens is 162 g/mol. The van der Waals surface area contributed by atoms with Crippen molar-refractivity contribution in [3.63, 3.8) is 0 Å². The van der Waals surface area contributed by atoms with E-state index in [4.69, 9.17) is 11.1 Å². The highest BCUT2D eigenvalue weighted by atomic mass is 15.0. The number of nitrogens with two attached hydrogens (primary N) is 1. The van der Waals surface area contributed by atoms with Crippen LogP contribution in [-0.4, -0.2) is 5.96 Å². The predicted molar refractivity (Wildman–Crippen MR) is 54.1 cm³/mol. The number of hydrogen-bond donors (Lipinski definition) is 3. The largest absolute Gasteiger partial charge is 0.370 e. The molecule has 3 heteroatoms. The Morgan fingerprint density at radius 1 is 1.38 bits per heavy atom. The highest BCUT2D eigenvalue weighted by Crippen LogP contribution is 2.02. The van der Waals surface area contributed by atoms with E-state index in [1.54, 1.807) is 6.54 Å². The molecule has 0 aromatic heterocycles. The van der Waals surface area contributed by atoms with Crippen LogP contribution in [0.15, 0.2) is 30.3 Å². The van der Waals surface area contributed by atoms with Crippen molar-refractivity contribution < 1.29 is 0 Å². The van der Waals surface area contributed by atoms with Crippen LogP contribution in [0.1, 0.15) is 12.0 Å². The van der Waals surface area contributed by atoms with Crippen LogP contribution in [0.2, 0.25) is 0 Å². The summed E-state index contributed by atoms with van der Waals surface area (Å²) < 4.78 is 0. The molecule has 0 aliphatic heterocycles. The van der Waals surface area contributed by atoms with Crippen molar-refractivity contribution in [3.05, 3.63) is 42.4 Å². The van der Waals surface area contributed by atoms with E-state index in [-0.39, 0.29) is 5.96 Å². The molecule has 0 amide bonds. The molecule has 69 valence electrons. The zero-order valence-corrected chi connectivity index (χ0v) is 7.46. The lowest BCUT2D eigenvalue weighted by Crippen LogP contribution is -2.27. The highest BCUT2D eigenvalue weighted by Gasteiger charge is 1.92. The van der Waals surface area contributed by atoms with Gasteiger partial charge in [-0.25, -0.2) is 0 Å². The number of rotatable bonds is 4. The van der Waals surface area contributed by atoms with Crippen molar-refractivity contribution >= 4 is 5.96 Å². The molecule has 1 radical (unpaired) electrons. The van der Waals surface area contributed by atoms with Crippen LogP contribution in [0.4, 0.5) is 0 Å². The molecule has 0 heterocycles. The molecule has 0 saturated carbocycles. The Morgan fingerprint density at radius 2 is 2.08 bits per heavy atom. The molecule has 0 aliphatic rings. The van der Waals surface area contributed by atoms with Crippen LogP contribution < -0.4 is 11.1 Å². The fourth-order valence-electron chi connectivity index (χ4n) is 1.07. The molecule has 1 rings (SSSR count). The summed E-state index contributed by atoms with van der Waals surface area (Å²) in [6, 6.07) is 10.2. The van der Waals surface area contributed by atoms with Gasteiger partial charge in [-0.15, -0.1) is 0 Å². The maximum atomic E-state index is 6.91. The first-order valence-corrected chi connectivity index (χ1v) is 4.25. The van der Waals surface area contributed by atoms with Gasteiger partial charge in [0.1, 0.15) is 0 Å². The summed E-state index contributed by atoms with van der Waals surface area (Å²) in [5.74, 6) is -0.00642. The Hall–Kier alpha value is -1.51. The zero-order chi connectivity index (χ0) is 9.52. The minimum atomic E-state index is -0.00642. The Labute approximate surface area is 78.5 Å². The third-order valence-electron chi connectivity index (χ3n) is 1.68. The van der Waals surface area contributed by atoms with Crippen molar-refractivity contribution in [1.82, 2.24) is 5.32 Å². The molecule has 1 aromatic rings. The number of benzene rings is 1. The quantitative estimate of drug-likeness (QED) is 0.367. The van der Waals surface area contributed by atoms with Gasteiger partial charge >= 0.3 is 0 Å². The maximum Gasteiger partial charge on any atom is 0.185 e. The Kier molecular flexibility index (Phi) is 3.82. The lowest BCUT2D eigenvalue weighted by Gasteiger charge is -2.02. The van der Waals surface area contributed by atoms with E-state index in [9.17, 15) is 0 Å². The summed E-state index contributed by atoms with van der Waals surface area (Å²) in [4.78, 5) is 0. The SMILES string of the molecule is N=C(N)N[CH]CCc1ccccc1. The third kappa shape index (κ3) is 4.15. The lowest BCUT2D eigenvalue weighted by molar-refractivity contribution is 0.867. The first kappa shape index (κ1) is 9.58. The van der Waals surface area contributed by atoms with Crippen LogP contribution in [0, 0.1) is 12.0 Å². The molecule has 0 unspecified atom stereocenters. The summed E-state index contributed by atoms with van der Waals surface area (Å²) in [5, 5.41) is 9.56. The highest BCUT2D eigenvalue weighted by molar-refractivity contribution is 5.74. The van der Waals surface area contributed by atoms with Gasteiger partial charge in [-0.3, -0.25) is 5.41 Å². The minimum absolute atomic E-state index is 0.00642. The van der Waals surface area contributed by atoms with Crippen LogP contribution in [0.25, 0.3) is 0 Å². The topological polar surface area (TPSA) is 61.9 Å². The molecule has 3 nitrogen and oxygen atoms in total. The predicted octanol–water partition coefficient (Wildman–Crippen LogP) is 1.26. The van der Waals surface area contributed by atoms with Crippen LogP contribution >= 0.6 is 0 Å². The number of nitrogens with one attached hydrogen (secondary N) is 2. The summed E-state index contributed by atoms with van der Waals surface area (Å²) >= 11 is 0. The second-order valence-electron chi connectivity index (χ2n) is 2.79. The summed E-state index contributed by atoms with van der Waals surface area (Å²) in [6.07, 6.45) is 1.85. The molecule has 0 bridgehead atoms. The van der Waals surface area contributed by atoms with Gasteiger partial charge in [0, 0.05) is 6.54 Å². The van der Waals surface area contributed by atoms with Gasteiger partial charge in [0.05, 0.1) is 0 Å². The normalized spacial score (nSPS) is 9.54. The van der Waals surface area contributed by atoms with Crippen molar-refractivity contribution in [2.24, 2.45) is 5.73 Å². The van der Waals surface area contributed by atoms with E-state index in [1.807, 2.05) is 18.2 Å². The van der Waals surface area contributed by atoms with Crippen molar-refractivity contribution in [3.8, 4) is 0 Å². The Bertz CT molecular complexity index is 256. The molecule has 13 heavy (non-hydrogen) atoms. The molecule has 0 atom stereocenters. The molecule has 4 N–H and O–H groups in total. The molecule has 0 saturated heterocycles. The summed E-state index contributed by atoms with van der Waals surface area (Å²) in [5.41, 5.74) is 6.41. The summed E-state index contributed by atoms with van der Waals surface area (Å²) in [6.45, 7) is 1.80. The number of aryl methyl sites for hydroxylation is 1. The standard InChI is InChI=1S/C10H14N3/c11-10(12)13-8-4-7-9-5-2-1-3-6-9/h1-3,5-6,8H,4,7H2,(H4,11,12,13). The van der Waals surface area contributed by atoms with Crippen molar-refractivity contribution in [1.29, 1.82) is 5.41 Å². The van der Waals surface area contributed by atoms with Gasteiger partial charge in [0.15, 0.2) is 5.96 Å². The van der Waals surface area contributed by atoms with Gasteiger partial charge in [0.25, 0.3) is 0 Å². The average molecular weight is 176 g/mol. The van der Waals surface area contributed by atoms with Crippen molar-refractivity contribution in [2.45, 2.75) is 12.8 Å². The van der Waals surface area contributed by atoms with Gasteiger partial charge in [-0.1, -0.05) is 30.3 Å². The Morgan fingerprint density at radius 3 is 2.69 bits per heavy atom. The molecule has 0 fully saturated rings. The van der Waals surface area contributed by atoms with Gasteiger partial charge in [0.2, 0.25) is 0 Å². The van der Waals surface area contributed by atoms with E-state index in [1.165, 1.54) is 5.56 Å². The number of guanidine groups is 1. The summed E-state index contributed by atoms with van der Waals surface area (Å²) in [7, 11) is 0. The van der Waals surface area contributed by atoms with E-state index in [2.05, 4.69) is 17.4 Å².